The fourth-order valence-corrected chi connectivity index (χ4v) is 6.48. The first-order chi connectivity index (χ1) is 18.5. The van der Waals surface area contributed by atoms with E-state index in [0.717, 1.165) is 5.56 Å². The van der Waals surface area contributed by atoms with Crippen LogP contribution in [0.25, 0.3) is 10.1 Å². The highest BCUT2D eigenvalue weighted by atomic mass is 35.5. The molecule has 5 aromatic rings. The number of anilines is 2. The Balaban J connectivity index is 1.63. The van der Waals surface area contributed by atoms with E-state index in [9.17, 15) is 14.4 Å². The number of hydrogen-bond acceptors (Lipinski definition) is 4. The van der Waals surface area contributed by atoms with Crippen molar-refractivity contribution in [2.24, 2.45) is 0 Å². The summed E-state index contributed by atoms with van der Waals surface area (Å²) in [6.45, 7) is 0. The Hall–Kier alpha value is -4.26. The number of carbonyl (C=O) groups is 2. The smallest absolute Gasteiger partial charge is 0.255 e. The van der Waals surface area contributed by atoms with Crippen LogP contribution < -0.4 is 15.6 Å². The van der Waals surface area contributed by atoms with Crippen LogP contribution in [0.4, 0.5) is 10.7 Å². The first-order valence-electron chi connectivity index (χ1n) is 12.1. The Bertz CT molecular complexity index is 1720. The molecule has 0 aliphatic carbocycles. The number of fused-ring (bicyclic) bond motifs is 2. The van der Waals surface area contributed by atoms with Gasteiger partial charge in [-0.1, -0.05) is 78.3 Å². The topological polar surface area (TPSA) is 66.5 Å². The second kappa shape index (κ2) is 9.89. The summed E-state index contributed by atoms with van der Waals surface area (Å²) in [5.41, 5.74) is 2.10. The molecule has 6 rings (SSSR count). The van der Waals surface area contributed by atoms with Crippen molar-refractivity contribution >= 4 is 55.5 Å². The molecule has 38 heavy (non-hydrogen) atoms. The quantitative estimate of drug-likeness (QED) is 0.284. The number of hydrogen-bond donors (Lipinski definition) is 1. The Labute approximate surface area is 227 Å². The van der Waals surface area contributed by atoms with E-state index < -0.39 is 12.0 Å². The molecule has 1 aliphatic heterocycles. The zero-order valence-electron chi connectivity index (χ0n) is 20.0. The van der Waals surface area contributed by atoms with Crippen molar-refractivity contribution in [1.29, 1.82) is 0 Å². The predicted octanol–water partition coefficient (Wildman–Crippen LogP) is 6.52. The third kappa shape index (κ3) is 4.18. The van der Waals surface area contributed by atoms with E-state index in [4.69, 9.17) is 11.6 Å². The van der Waals surface area contributed by atoms with E-state index in [1.165, 1.54) is 11.3 Å². The maximum Gasteiger partial charge on any atom is 0.255 e. The third-order valence-electron chi connectivity index (χ3n) is 6.70. The van der Waals surface area contributed by atoms with Crippen molar-refractivity contribution in [2.45, 2.75) is 12.0 Å². The lowest BCUT2D eigenvalue weighted by atomic mass is 9.81. The molecule has 0 spiro atoms. The second-order valence-corrected chi connectivity index (χ2v) is 10.5. The summed E-state index contributed by atoms with van der Waals surface area (Å²) in [5, 5.41) is 4.53. The van der Waals surface area contributed by atoms with Gasteiger partial charge in [0.15, 0.2) is 5.43 Å². The Morgan fingerprint density at radius 3 is 2.13 bits per heavy atom. The Morgan fingerprint density at radius 2 is 1.45 bits per heavy atom. The second-order valence-electron chi connectivity index (χ2n) is 9.01. The molecule has 1 aliphatic rings. The molecule has 0 saturated heterocycles. The van der Waals surface area contributed by atoms with E-state index >= 15 is 0 Å². The summed E-state index contributed by atoms with van der Waals surface area (Å²) in [7, 11) is 0. The van der Waals surface area contributed by atoms with Crippen LogP contribution in [0.3, 0.4) is 0 Å². The fourth-order valence-electron chi connectivity index (χ4n) is 4.96. The molecule has 0 saturated carbocycles. The van der Waals surface area contributed by atoms with Crippen LogP contribution in [0.2, 0.25) is 5.02 Å². The van der Waals surface area contributed by atoms with Gasteiger partial charge in [0.05, 0.1) is 0 Å². The first-order valence-corrected chi connectivity index (χ1v) is 13.3. The van der Waals surface area contributed by atoms with Crippen LogP contribution in [0.15, 0.2) is 114 Å². The lowest BCUT2D eigenvalue weighted by Gasteiger charge is -2.39. The predicted molar refractivity (Wildman–Crippen MR) is 153 cm³/mol. The average molecular weight is 537 g/mol. The summed E-state index contributed by atoms with van der Waals surface area (Å²) in [4.78, 5) is 43.4. The van der Waals surface area contributed by atoms with Crippen molar-refractivity contribution < 1.29 is 9.59 Å². The minimum atomic E-state index is -1.01. The zero-order chi connectivity index (χ0) is 26.2. The molecule has 2 atom stereocenters. The lowest BCUT2D eigenvalue weighted by molar-refractivity contribution is -0.120. The van der Waals surface area contributed by atoms with Crippen molar-refractivity contribution in [3.8, 4) is 0 Å². The van der Waals surface area contributed by atoms with E-state index in [-0.39, 0.29) is 17.2 Å². The van der Waals surface area contributed by atoms with Crippen LogP contribution in [0.5, 0.6) is 0 Å². The minimum absolute atomic E-state index is 0.188. The van der Waals surface area contributed by atoms with Gasteiger partial charge in [-0.3, -0.25) is 19.3 Å². The summed E-state index contributed by atoms with van der Waals surface area (Å²) < 4.78 is 0.688. The number of nitrogens with one attached hydrogen (secondary N) is 1. The summed E-state index contributed by atoms with van der Waals surface area (Å²) in [6, 6.07) is 31.5. The lowest BCUT2D eigenvalue weighted by Crippen LogP contribution is -2.54. The van der Waals surface area contributed by atoms with E-state index in [1.54, 1.807) is 47.4 Å². The van der Waals surface area contributed by atoms with Gasteiger partial charge in [0.25, 0.3) is 11.8 Å². The third-order valence-corrected chi connectivity index (χ3v) is 8.09. The molecule has 0 unspecified atom stereocenters. The standard InChI is InChI=1S/C31H21ClN2O3S/c32-21-16-17-23-24(18-21)38-31-26(28(23)35)25(19-10-4-1-5-11-19)27(33-29(36)20-12-6-2-7-13-20)30(37)34(31)22-14-8-3-9-15-22/h1-18,25,27H,(H,33,36)/t25-,27-/m1/s1. The van der Waals surface area contributed by atoms with Gasteiger partial charge in [-0.25, -0.2) is 0 Å². The van der Waals surface area contributed by atoms with Gasteiger partial charge in [0.1, 0.15) is 11.0 Å². The van der Waals surface area contributed by atoms with E-state index in [1.807, 2.05) is 66.7 Å². The molecule has 1 aromatic heterocycles. The average Bonchev–Trinajstić information content (AvgIpc) is 2.95. The van der Waals surface area contributed by atoms with Crippen molar-refractivity contribution in [3.05, 3.63) is 141 Å². The number of amides is 2. The maximum atomic E-state index is 14.3. The van der Waals surface area contributed by atoms with Crippen LogP contribution >= 0.6 is 22.9 Å². The number of rotatable bonds is 4. The highest BCUT2D eigenvalue weighted by molar-refractivity contribution is 7.22. The number of halogens is 1. The molecular formula is C31H21ClN2O3S. The van der Waals surface area contributed by atoms with Crippen LogP contribution in [-0.4, -0.2) is 17.9 Å². The molecule has 2 amide bonds. The Kier molecular flexibility index (Phi) is 6.27. The van der Waals surface area contributed by atoms with Crippen molar-refractivity contribution in [2.75, 3.05) is 4.90 Å². The molecule has 5 nitrogen and oxygen atoms in total. The van der Waals surface area contributed by atoms with Gasteiger partial charge in [-0.15, -0.1) is 11.3 Å². The van der Waals surface area contributed by atoms with Crippen molar-refractivity contribution in [1.82, 2.24) is 5.32 Å². The summed E-state index contributed by atoms with van der Waals surface area (Å²) in [5.74, 6) is -1.39. The van der Waals surface area contributed by atoms with Gasteiger partial charge < -0.3 is 5.32 Å². The molecule has 0 radical (unpaired) electrons. The first kappa shape index (κ1) is 24.1. The molecule has 1 N–H and O–H groups in total. The van der Waals surface area contributed by atoms with Gasteiger partial charge in [-0.2, -0.15) is 0 Å². The highest BCUT2D eigenvalue weighted by Gasteiger charge is 2.45. The number of carbonyl (C=O) groups excluding carboxylic acids is 2. The summed E-state index contributed by atoms with van der Waals surface area (Å²) >= 11 is 7.62. The number of nitrogens with zero attached hydrogens (tertiary/aromatic N) is 1. The molecule has 7 heteroatoms. The highest BCUT2D eigenvalue weighted by Crippen LogP contribution is 2.46. The zero-order valence-corrected chi connectivity index (χ0v) is 21.6. The molecule has 0 fully saturated rings. The van der Waals surface area contributed by atoms with Gasteiger partial charge >= 0.3 is 0 Å². The van der Waals surface area contributed by atoms with Crippen LogP contribution in [-0.2, 0) is 4.79 Å². The Morgan fingerprint density at radius 1 is 0.816 bits per heavy atom. The molecule has 4 aromatic carbocycles. The van der Waals surface area contributed by atoms with Gasteiger partial charge in [0.2, 0.25) is 0 Å². The fraction of sp³-hybridized carbons (Fsp3) is 0.0645. The molecule has 186 valence electrons. The van der Waals surface area contributed by atoms with E-state index in [2.05, 4.69) is 5.32 Å². The molecule has 0 bridgehead atoms. The molecule has 2 heterocycles. The summed E-state index contributed by atoms with van der Waals surface area (Å²) in [6.07, 6.45) is 0. The van der Waals surface area contributed by atoms with Crippen LogP contribution in [0, 0.1) is 0 Å². The number of para-hydroxylation sites is 1. The van der Waals surface area contributed by atoms with Gasteiger partial charge in [-0.05, 0) is 48.0 Å². The largest absolute Gasteiger partial charge is 0.339 e. The normalized spacial score (nSPS) is 16.8. The number of benzene rings is 4. The minimum Gasteiger partial charge on any atom is -0.339 e. The SMILES string of the molecule is O=C(N[C@H]1C(=O)N(c2ccccc2)c2sc3cc(Cl)ccc3c(=O)c2[C@H]1c1ccccc1)c1ccccc1. The molecular weight excluding hydrogens is 516 g/mol. The van der Waals surface area contributed by atoms with Gasteiger partial charge in [0, 0.05) is 37.8 Å². The van der Waals surface area contributed by atoms with E-state index in [0.29, 0.717) is 36.9 Å². The van der Waals surface area contributed by atoms with Crippen molar-refractivity contribution in [3.63, 3.8) is 0 Å². The maximum absolute atomic E-state index is 14.3. The monoisotopic (exact) mass is 536 g/mol. The van der Waals surface area contributed by atoms with Crippen LogP contribution in [0.1, 0.15) is 27.4 Å².